The van der Waals surface area contributed by atoms with E-state index in [1.807, 2.05) is 10.8 Å². The van der Waals surface area contributed by atoms with E-state index in [-0.39, 0.29) is 11.9 Å². The van der Waals surface area contributed by atoms with Crippen molar-refractivity contribution >= 4 is 5.97 Å². The van der Waals surface area contributed by atoms with Crippen molar-refractivity contribution in [3.05, 3.63) is 18.2 Å². The molecule has 2 rings (SSSR count). The van der Waals surface area contributed by atoms with Crippen LogP contribution in [0.1, 0.15) is 5.69 Å². The minimum Gasteiger partial charge on any atom is -0.469 e. The van der Waals surface area contributed by atoms with E-state index in [1.165, 1.54) is 7.11 Å². The maximum atomic E-state index is 11.4. The smallest absolute Gasteiger partial charge is 0.311 e. The van der Waals surface area contributed by atoms with Gasteiger partial charge in [-0.15, -0.1) is 0 Å². The summed E-state index contributed by atoms with van der Waals surface area (Å²) in [5.74, 6) is -0.283. The van der Waals surface area contributed by atoms with Gasteiger partial charge in [0.05, 0.1) is 25.0 Å². The van der Waals surface area contributed by atoms with E-state index >= 15 is 0 Å². The Morgan fingerprint density at radius 1 is 1.79 bits per heavy atom. The van der Waals surface area contributed by atoms with Gasteiger partial charge in [0.2, 0.25) is 0 Å². The van der Waals surface area contributed by atoms with Crippen LogP contribution in [0.3, 0.4) is 0 Å². The van der Waals surface area contributed by atoms with Crippen LogP contribution in [0, 0.1) is 5.92 Å². The molecule has 1 N–H and O–H groups in total. The number of carbonyl (C=O) groups excluding carboxylic acids is 1. The highest BCUT2D eigenvalue weighted by atomic mass is 16.5. The molecule has 1 aromatic heterocycles. The average molecular weight is 195 g/mol. The van der Waals surface area contributed by atoms with Crippen molar-refractivity contribution in [2.45, 2.75) is 13.1 Å². The van der Waals surface area contributed by atoms with Crippen molar-refractivity contribution in [2.24, 2.45) is 5.92 Å². The second-order valence-electron chi connectivity index (χ2n) is 3.39. The van der Waals surface area contributed by atoms with Crippen molar-refractivity contribution in [1.82, 2.24) is 14.9 Å². The van der Waals surface area contributed by atoms with Gasteiger partial charge in [-0.1, -0.05) is 0 Å². The molecular weight excluding hydrogens is 182 g/mol. The zero-order chi connectivity index (χ0) is 9.97. The second-order valence-corrected chi connectivity index (χ2v) is 3.39. The van der Waals surface area contributed by atoms with Gasteiger partial charge in [-0.25, -0.2) is 4.98 Å². The molecule has 2 heterocycles. The van der Waals surface area contributed by atoms with Crippen molar-refractivity contribution in [3.8, 4) is 0 Å². The Kier molecular flexibility index (Phi) is 2.49. The van der Waals surface area contributed by atoms with Crippen LogP contribution in [-0.4, -0.2) is 29.2 Å². The van der Waals surface area contributed by atoms with E-state index in [0.717, 1.165) is 12.2 Å². The molecule has 1 atom stereocenters. The summed E-state index contributed by atoms with van der Waals surface area (Å²) in [6.07, 6.45) is 3.56. The molecule has 14 heavy (non-hydrogen) atoms. The quantitative estimate of drug-likeness (QED) is 0.629. The number of nitrogens with one attached hydrogen (secondary N) is 1. The van der Waals surface area contributed by atoms with Gasteiger partial charge in [0.1, 0.15) is 0 Å². The fourth-order valence-corrected chi connectivity index (χ4v) is 1.66. The van der Waals surface area contributed by atoms with Gasteiger partial charge < -0.3 is 14.6 Å². The standard InChI is InChI=1S/C9H13N3O2/c1-14-9(13)7-2-10-3-8-4-11-6-12(8)5-7/h4,6-7,10H,2-3,5H2,1H3. The van der Waals surface area contributed by atoms with Crippen LogP contribution in [0.5, 0.6) is 0 Å². The number of hydrogen-bond donors (Lipinski definition) is 1. The molecule has 1 aromatic rings. The van der Waals surface area contributed by atoms with Crippen LogP contribution in [0.4, 0.5) is 0 Å². The second kappa shape index (κ2) is 3.79. The van der Waals surface area contributed by atoms with Crippen molar-refractivity contribution < 1.29 is 9.53 Å². The van der Waals surface area contributed by atoms with Crippen molar-refractivity contribution in [1.29, 1.82) is 0 Å². The molecule has 0 aromatic carbocycles. The van der Waals surface area contributed by atoms with Crippen LogP contribution in [0.15, 0.2) is 12.5 Å². The summed E-state index contributed by atoms with van der Waals surface area (Å²) < 4.78 is 6.71. The molecule has 1 aliphatic heterocycles. The molecule has 0 spiro atoms. The van der Waals surface area contributed by atoms with Gasteiger partial charge in [-0.05, 0) is 0 Å². The SMILES string of the molecule is COC(=O)C1CNCc2cncn2C1. The number of rotatable bonds is 1. The lowest BCUT2D eigenvalue weighted by molar-refractivity contribution is -0.145. The Morgan fingerprint density at radius 2 is 2.64 bits per heavy atom. The molecular formula is C9H13N3O2. The molecule has 1 aliphatic rings. The molecule has 0 aliphatic carbocycles. The monoisotopic (exact) mass is 195 g/mol. The number of aromatic nitrogens is 2. The number of ether oxygens (including phenoxy) is 1. The Hall–Kier alpha value is -1.36. The van der Waals surface area contributed by atoms with Gasteiger partial charge in [-0.2, -0.15) is 0 Å². The molecule has 0 amide bonds. The lowest BCUT2D eigenvalue weighted by atomic mass is 10.1. The number of nitrogens with zero attached hydrogens (tertiary/aromatic N) is 2. The Bertz CT molecular complexity index is 335. The Labute approximate surface area is 82.1 Å². The number of methoxy groups -OCH3 is 1. The van der Waals surface area contributed by atoms with E-state index in [9.17, 15) is 4.79 Å². The fraction of sp³-hybridized carbons (Fsp3) is 0.556. The summed E-state index contributed by atoms with van der Waals surface area (Å²) in [5.41, 5.74) is 1.11. The molecule has 5 heteroatoms. The van der Waals surface area contributed by atoms with E-state index < -0.39 is 0 Å². The van der Waals surface area contributed by atoms with Crippen molar-refractivity contribution in [2.75, 3.05) is 13.7 Å². The van der Waals surface area contributed by atoms with Crippen molar-refractivity contribution in [3.63, 3.8) is 0 Å². The van der Waals surface area contributed by atoms with Gasteiger partial charge in [0, 0.05) is 25.8 Å². The fourth-order valence-electron chi connectivity index (χ4n) is 1.66. The number of fused-ring (bicyclic) bond motifs is 1. The van der Waals surface area contributed by atoms with E-state index in [1.54, 1.807) is 6.33 Å². The third kappa shape index (κ3) is 1.63. The predicted octanol–water partition coefficient (Wildman–Crippen LogP) is -0.225. The zero-order valence-corrected chi connectivity index (χ0v) is 8.06. The highest BCUT2D eigenvalue weighted by Crippen LogP contribution is 2.10. The summed E-state index contributed by atoms with van der Waals surface area (Å²) in [6.45, 7) is 2.07. The highest BCUT2D eigenvalue weighted by molar-refractivity contribution is 5.72. The van der Waals surface area contributed by atoms with Gasteiger partial charge in [-0.3, -0.25) is 4.79 Å². The topological polar surface area (TPSA) is 56.1 Å². The van der Waals surface area contributed by atoms with Gasteiger partial charge in [0.25, 0.3) is 0 Å². The number of hydrogen-bond acceptors (Lipinski definition) is 4. The molecule has 0 radical (unpaired) electrons. The molecule has 0 bridgehead atoms. The van der Waals surface area contributed by atoms with E-state index in [4.69, 9.17) is 4.74 Å². The van der Waals surface area contributed by atoms with Crippen LogP contribution in [0.25, 0.3) is 0 Å². The summed E-state index contributed by atoms with van der Waals surface area (Å²) in [4.78, 5) is 15.4. The lowest BCUT2D eigenvalue weighted by Crippen LogP contribution is -2.29. The normalized spacial score (nSPS) is 21.1. The maximum Gasteiger partial charge on any atom is 0.311 e. The minimum absolute atomic E-state index is 0.115. The highest BCUT2D eigenvalue weighted by Gasteiger charge is 2.22. The number of esters is 1. The largest absolute Gasteiger partial charge is 0.469 e. The predicted molar refractivity (Wildman–Crippen MR) is 49.4 cm³/mol. The molecule has 76 valence electrons. The third-order valence-electron chi connectivity index (χ3n) is 2.45. The molecule has 0 saturated heterocycles. The third-order valence-corrected chi connectivity index (χ3v) is 2.45. The first-order valence-corrected chi connectivity index (χ1v) is 4.59. The van der Waals surface area contributed by atoms with Crippen LogP contribution >= 0.6 is 0 Å². The maximum absolute atomic E-state index is 11.4. The van der Waals surface area contributed by atoms with Gasteiger partial charge in [0.15, 0.2) is 0 Å². The molecule has 5 nitrogen and oxygen atoms in total. The Balaban J connectivity index is 2.15. The lowest BCUT2D eigenvalue weighted by Gasteiger charge is -2.11. The summed E-state index contributed by atoms with van der Waals surface area (Å²) >= 11 is 0. The molecule has 0 saturated carbocycles. The molecule has 0 fully saturated rings. The number of carbonyl (C=O) groups is 1. The Morgan fingerprint density at radius 3 is 3.43 bits per heavy atom. The minimum atomic E-state index is -0.168. The van der Waals surface area contributed by atoms with E-state index in [2.05, 4.69) is 10.3 Å². The summed E-state index contributed by atoms with van der Waals surface area (Å²) in [5, 5.41) is 3.19. The molecule has 1 unspecified atom stereocenters. The van der Waals surface area contributed by atoms with Crippen LogP contribution in [0.2, 0.25) is 0 Å². The zero-order valence-electron chi connectivity index (χ0n) is 8.06. The number of imidazole rings is 1. The first kappa shape index (κ1) is 9.21. The van der Waals surface area contributed by atoms with Gasteiger partial charge >= 0.3 is 5.97 Å². The summed E-state index contributed by atoms with van der Waals surface area (Å²) in [6, 6.07) is 0. The summed E-state index contributed by atoms with van der Waals surface area (Å²) in [7, 11) is 1.42. The first-order chi connectivity index (χ1) is 6.81. The first-order valence-electron chi connectivity index (χ1n) is 4.59. The van der Waals surface area contributed by atoms with Crippen LogP contribution < -0.4 is 5.32 Å². The average Bonchev–Trinajstić information content (AvgIpc) is 2.54. The van der Waals surface area contributed by atoms with E-state index in [0.29, 0.717) is 13.1 Å². The van der Waals surface area contributed by atoms with Crippen LogP contribution in [-0.2, 0) is 22.6 Å².